The zero-order chi connectivity index (χ0) is 15.8. The van der Waals surface area contributed by atoms with Crippen molar-refractivity contribution in [3.63, 3.8) is 0 Å². The number of H-pyrrole nitrogens is 1. The summed E-state index contributed by atoms with van der Waals surface area (Å²) >= 11 is 0. The summed E-state index contributed by atoms with van der Waals surface area (Å²) in [6, 6.07) is 6.19. The van der Waals surface area contributed by atoms with Crippen molar-refractivity contribution in [1.82, 2.24) is 19.9 Å². The fourth-order valence-corrected chi connectivity index (χ4v) is 2.84. The normalized spacial score (nSPS) is 15.1. The summed E-state index contributed by atoms with van der Waals surface area (Å²) < 4.78 is 0. The van der Waals surface area contributed by atoms with Gasteiger partial charge >= 0.3 is 0 Å². The Morgan fingerprint density at radius 2 is 2.13 bits per heavy atom. The molecule has 3 heterocycles. The van der Waals surface area contributed by atoms with Gasteiger partial charge in [-0.3, -0.25) is 4.79 Å². The van der Waals surface area contributed by atoms with Crippen LogP contribution in [-0.2, 0) is 11.2 Å². The minimum absolute atomic E-state index is 0.0688. The van der Waals surface area contributed by atoms with Crippen LogP contribution in [0.4, 0.5) is 11.5 Å². The van der Waals surface area contributed by atoms with Crippen LogP contribution in [0.1, 0.15) is 30.5 Å². The molecule has 0 spiro atoms. The van der Waals surface area contributed by atoms with Crippen molar-refractivity contribution in [2.75, 3.05) is 10.6 Å². The third-order valence-corrected chi connectivity index (χ3v) is 4.10. The second-order valence-electron chi connectivity index (χ2n) is 5.65. The molecule has 1 amide bonds. The van der Waals surface area contributed by atoms with E-state index in [4.69, 9.17) is 0 Å². The van der Waals surface area contributed by atoms with Crippen LogP contribution in [0.5, 0.6) is 0 Å². The van der Waals surface area contributed by atoms with Crippen molar-refractivity contribution >= 4 is 28.6 Å². The molecule has 1 aromatic carbocycles. The summed E-state index contributed by atoms with van der Waals surface area (Å²) in [6.45, 7) is 2.08. The van der Waals surface area contributed by atoms with E-state index in [9.17, 15) is 4.79 Å². The fourth-order valence-electron chi connectivity index (χ4n) is 2.84. The number of hydrogen-bond acceptors (Lipinski definition) is 5. The standard InChI is InChI=1S/C16H16N6O/c1-9(21-16-14-15(18-7-17-14)19-8-20-16)10-2-4-12-11(6-10)3-5-13(23)22-12/h2,4,6-9H,3,5H2,1H3,(H,22,23)(H2,17,18,19,20,21)/t9-/m0/s1. The van der Waals surface area contributed by atoms with Crippen LogP contribution in [0.2, 0.25) is 0 Å². The molecule has 4 rings (SSSR count). The number of nitrogens with zero attached hydrogens (tertiary/aromatic N) is 3. The number of rotatable bonds is 3. The highest BCUT2D eigenvalue weighted by Crippen LogP contribution is 2.28. The van der Waals surface area contributed by atoms with Crippen LogP contribution in [0, 0.1) is 0 Å². The Kier molecular flexibility index (Phi) is 3.18. The first-order chi connectivity index (χ1) is 11.2. The molecule has 0 saturated heterocycles. The highest BCUT2D eigenvalue weighted by Gasteiger charge is 2.17. The number of amides is 1. The summed E-state index contributed by atoms with van der Waals surface area (Å²) in [7, 11) is 0. The molecule has 0 bridgehead atoms. The lowest BCUT2D eigenvalue weighted by molar-refractivity contribution is -0.116. The van der Waals surface area contributed by atoms with E-state index in [1.54, 1.807) is 6.33 Å². The number of imidazole rings is 1. The lowest BCUT2D eigenvalue weighted by Crippen LogP contribution is -2.19. The van der Waals surface area contributed by atoms with Crippen LogP contribution in [0.25, 0.3) is 11.2 Å². The fraction of sp³-hybridized carbons (Fsp3) is 0.250. The van der Waals surface area contributed by atoms with Crippen molar-refractivity contribution in [1.29, 1.82) is 0 Å². The van der Waals surface area contributed by atoms with Gasteiger partial charge in [0.1, 0.15) is 11.8 Å². The van der Waals surface area contributed by atoms with E-state index in [0.717, 1.165) is 29.0 Å². The van der Waals surface area contributed by atoms with E-state index in [1.807, 2.05) is 12.1 Å². The zero-order valence-corrected chi connectivity index (χ0v) is 12.6. The lowest BCUT2D eigenvalue weighted by atomic mass is 9.98. The quantitative estimate of drug-likeness (QED) is 0.690. The van der Waals surface area contributed by atoms with Gasteiger partial charge in [0.15, 0.2) is 11.5 Å². The van der Waals surface area contributed by atoms with Crippen LogP contribution < -0.4 is 10.6 Å². The van der Waals surface area contributed by atoms with Crippen LogP contribution in [0.3, 0.4) is 0 Å². The van der Waals surface area contributed by atoms with Gasteiger partial charge in [0.05, 0.1) is 12.4 Å². The number of fused-ring (bicyclic) bond motifs is 2. The van der Waals surface area contributed by atoms with Gasteiger partial charge in [-0.25, -0.2) is 15.0 Å². The van der Waals surface area contributed by atoms with Crippen molar-refractivity contribution in [2.45, 2.75) is 25.8 Å². The molecular formula is C16H16N6O. The number of aromatic amines is 1. The first kappa shape index (κ1) is 13.7. The van der Waals surface area contributed by atoms with Crippen molar-refractivity contribution in [3.05, 3.63) is 42.0 Å². The molecule has 0 radical (unpaired) electrons. The van der Waals surface area contributed by atoms with E-state index in [0.29, 0.717) is 12.1 Å². The Morgan fingerprint density at radius 1 is 1.22 bits per heavy atom. The van der Waals surface area contributed by atoms with Gasteiger partial charge in [-0.15, -0.1) is 0 Å². The second kappa shape index (κ2) is 5.35. The maximum absolute atomic E-state index is 11.4. The SMILES string of the molecule is C[C@H](Nc1ncnc2nc[nH]c12)c1ccc2c(c1)CCC(=O)N2. The maximum Gasteiger partial charge on any atom is 0.224 e. The topological polar surface area (TPSA) is 95.6 Å². The largest absolute Gasteiger partial charge is 0.362 e. The average molecular weight is 308 g/mol. The van der Waals surface area contributed by atoms with Gasteiger partial charge in [-0.1, -0.05) is 12.1 Å². The van der Waals surface area contributed by atoms with Gasteiger partial charge in [0.2, 0.25) is 5.91 Å². The van der Waals surface area contributed by atoms with Crippen LogP contribution >= 0.6 is 0 Å². The predicted molar refractivity (Wildman–Crippen MR) is 87.1 cm³/mol. The molecule has 1 atom stereocenters. The number of aromatic nitrogens is 4. The van der Waals surface area contributed by atoms with Crippen LogP contribution in [0.15, 0.2) is 30.9 Å². The number of benzene rings is 1. The first-order valence-corrected chi connectivity index (χ1v) is 7.54. The van der Waals surface area contributed by atoms with E-state index in [1.165, 1.54) is 11.9 Å². The molecule has 0 unspecified atom stereocenters. The minimum atomic E-state index is 0.0688. The van der Waals surface area contributed by atoms with Gasteiger partial charge in [0.25, 0.3) is 0 Å². The molecule has 7 heteroatoms. The predicted octanol–water partition coefficient (Wildman–Crippen LogP) is 2.41. The Bertz CT molecular complexity index is 887. The Hall–Kier alpha value is -2.96. The maximum atomic E-state index is 11.4. The van der Waals surface area contributed by atoms with Gasteiger partial charge in [-0.05, 0) is 30.5 Å². The van der Waals surface area contributed by atoms with Crippen molar-refractivity contribution in [3.8, 4) is 0 Å². The van der Waals surface area contributed by atoms with Gasteiger partial charge in [0, 0.05) is 12.1 Å². The molecule has 23 heavy (non-hydrogen) atoms. The summed E-state index contributed by atoms with van der Waals surface area (Å²) in [4.78, 5) is 27.0. The highest BCUT2D eigenvalue weighted by molar-refractivity contribution is 5.93. The number of aryl methyl sites for hydroxylation is 1. The monoisotopic (exact) mass is 308 g/mol. The number of nitrogens with one attached hydrogen (secondary N) is 3. The summed E-state index contributed by atoms with van der Waals surface area (Å²) in [6.07, 6.45) is 4.43. The zero-order valence-electron chi connectivity index (χ0n) is 12.6. The van der Waals surface area contributed by atoms with E-state index in [-0.39, 0.29) is 11.9 Å². The summed E-state index contributed by atoms with van der Waals surface area (Å²) in [5, 5.41) is 6.30. The molecule has 2 aromatic heterocycles. The first-order valence-electron chi connectivity index (χ1n) is 7.54. The molecule has 0 aliphatic carbocycles. The Morgan fingerprint density at radius 3 is 3.04 bits per heavy atom. The second-order valence-corrected chi connectivity index (χ2v) is 5.65. The minimum Gasteiger partial charge on any atom is -0.362 e. The molecule has 1 aliphatic heterocycles. The Labute approximate surface area is 132 Å². The van der Waals surface area contributed by atoms with E-state index >= 15 is 0 Å². The molecule has 116 valence electrons. The molecule has 3 N–H and O–H groups in total. The average Bonchev–Trinajstić information content (AvgIpc) is 3.04. The lowest BCUT2D eigenvalue weighted by Gasteiger charge is -2.20. The number of carbonyl (C=O) groups is 1. The third kappa shape index (κ3) is 2.50. The highest BCUT2D eigenvalue weighted by atomic mass is 16.1. The third-order valence-electron chi connectivity index (χ3n) is 4.10. The number of carbonyl (C=O) groups excluding carboxylic acids is 1. The van der Waals surface area contributed by atoms with Crippen molar-refractivity contribution < 1.29 is 4.79 Å². The smallest absolute Gasteiger partial charge is 0.224 e. The molecule has 1 aliphatic rings. The molecule has 0 fully saturated rings. The number of anilines is 2. The summed E-state index contributed by atoms with van der Waals surface area (Å²) in [5.74, 6) is 0.810. The molecular weight excluding hydrogens is 292 g/mol. The molecule has 3 aromatic rings. The van der Waals surface area contributed by atoms with E-state index in [2.05, 4.69) is 43.6 Å². The van der Waals surface area contributed by atoms with Crippen LogP contribution in [-0.4, -0.2) is 25.8 Å². The number of hydrogen-bond donors (Lipinski definition) is 3. The van der Waals surface area contributed by atoms with Gasteiger partial charge < -0.3 is 15.6 Å². The van der Waals surface area contributed by atoms with E-state index < -0.39 is 0 Å². The molecule has 7 nitrogen and oxygen atoms in total. The van der Waals surface area contributed by atoms with Gasteiger partial charge in [-0.2, -0.15) is 0 Å². The van der Waals surface area contributed by atoms with Crippen molar-refractivity contribution in [2.24, 2.45) is 0 Å². The molecule has 0 saturated carbocycles. The summed E-state index contributed by atoms with van der Waals surface area (Å²) in [5.41, 5.74) is 4.67. The Balaban J connectivity index is 1.61.